The molecule has 0 saturated heterocycles. The number of aromatic nitrogens is 3. The summed E-state index contributed by atoms with van der Waals surface area (Å²) >= 11 is 0. The second kappa shape index (κ2) is 10.6. The first kappa shape index (κ1) is 21.5. The highest BCUT2D eigenvalue weighted by Gasteiger charge is 2.19. The molecule has 2 heterocycles. The Morgan fingerprint density at radius 1 is 1.23 bits per heavy atom. The highest BCUT2D eigenvalue weighted by atomic mass is 16.5. The highest BCUT2D eigenvalue weighted by Crippen LogP contribution is 2.28. The van der Waals surface area contributed by atoms with Crippen molar-refractivity contribution in [3.8, 4) is 11.8 Å². The Kier molecular flexibility index (Phi) is 7.58. The lowest BCUT2D eigenvalue weighted by molar-refractivity contribution is -0.107. The minimum Gasteiger partial charge on any atom is -0.382 e. The van der Waals surface area contributed by atoms with Crippen LogP contribution in [0.2, 0.25) is 0 Å². The molecule has 0 spiro atoms. The number of fused-ring (bicyclic) bond motifs is 1. The van der Waals surface area contributed by atoms with Gasteiger partial charge in [-0.3, -0.25) is 0 Å². The zero-order chi connectivity index (χ0) is 21.3. The lowest BCUT2D eigenvalue weighted by atomic mass is 10.2. The Morgan fingerprint density at radius 2 is 2.03 bits per heavy atom. The normalized spacial score (nSPS) is 10.7. The Labute approximate surface area is 177 Å². The maximum absolute atomic E-state index is 10.6. The molecule has 6 nitrogen and oxygen atoms in total. The van der Waals surface area contributed by atoms with Crippen LogP contribution in [-0.2, 0) is 29.3 Å². The second-order valence-corrected chi connectivity index (χ2v) is 7.18. The van der Waals surface area contributed by atoms with Crippen LogP contribution in [0.15, 0.2) is 30.3 Å². The third-order valence-corrected chi connectivity index (χ3v) is 4.92. The first-order valence-electron chi connectivity index (χ1n) is 10.3. The van der Waals surface area contributed by atoms with Crippen molar-refractivity contribution in [3.05, 3.63) is 53.0 Å². The van der Waals surface area contributed by atoms with Gasteiger partial charge in [0.05, 0.1) is 12.2 Å². The molecule has 30 heavy (non-hydrogen) atoms. The number of nitrogen functional groups attached to an aromatic ring is 1. The average molecular weight is 405 g/mol. The van der Waals surface area contributed by atoms with Crippen LogP contribution in [0.3, 0.4) is 0 Å². The summed E-state index contributed by atoms with van der Waals surface area (Å²) < 4.78 is 7.95. The number of carbonyl (C=O) groups excluding carboxylic acids is 1. The van der Waals surface area contributed by atoms with Crippen molar-refractivity contribution in [2.24, 2.45) is 0 Å². The minimum absolute atomic E-state index is 0.328. The summed E-state index contributed by atoms with van der Waals surface area (Å²) in [6, 6.07) is 10.0. The number of hydrogen-bond donors (Lipinski definition) is 1. The van der Waals surface area contributed by atoms with Gasteiger partial charge in [-0.2, -0.15) is 0 Å². The number of aryl methyl sites for hydroxylation is 1. The summed E-state index contributed by atoms with van der Waals surface area (Å²) in [5, 5.41) is 0. The molecule has 0 radical (unpaired) electrons. The van der Waals surface area contributed by atoms with E-state index in [0.717, 1.165) is 59.2 Å². The first-order valence-corrected chi connectivity index (χ1v) is 10.3. The molecule has 0 aliphatic rings. The van der Waals surface area contributed by atoms with Gasteiger partial charge in [0.15, 0.2) is 5.82 Å². The van der Waals surface area contributed by atoms with E-state index in [1.54, 1.807) is 0 Å². The first-order chi connectivity index (χ1) is 14.7. The van der Waals surface area contributed by atoms with Crippen molar-refractivity contribution in [1.82, 2.24) is 14.5 Å². The number of nitrogens with two attached hydrogens (primary N) is 1. The van der Waals surface area contributed by atoms with Gasteiger partial charge in [-0.1, -0.05) is 55.5 Å². The molecule has 2 N–H and O–H groups in total. The Bertz CT molecular complexity index is 1060. The van der Waals surface area contributed by atoms with E-state index >= 15 is 0 Å². The molecule has 0 aliphatic carbocycles. The molecule has 156 valence electrons. The van der Waals surface area contributed by atoms with Gasteiger partial charge >= 0.3 is 0 Å². The summed E-state index contributed by atoms with van der Waals surface area (Å²) in [7, 11) is 0. The van der Waals surface area contributed by atoms with Gasteiger partial charge < -0.3 is 19.8 Å². The van der Waals surface area contributed by atoms with Crippen molar-refractivity contribution in [1.29, 1.82) is 0 Å². The lowest BCUT2D eigenvalue weighted by Gasteiger charge is -2.11. The Balaban J connectivity index is 1.96. The third kappa shape index (κ3) is 5.05. The van der Waals surface area contributed by atoms with Crippen molar-refractivity contribution in [2.75, 3.05) is 5.73 Å². The fourth-order valence-electron chi connectivity index (χ4n) is 3.30. The van der Waals surface area contributed by atoms with E-state index < -0.39 is 0 Å². The van der Waals surface area contributed by atoms with Gasteiger partial charge in [0.25, 0.3) is 0 Å². The predicted octanol–water partition coefficient (Wildman–Crippen LogP) is 4.17. The molecule has 0 saturated carbocycles. The molecule has 6 heteroatoms. The molecule has 0 bridgehead atoms. The second-order valence-electron chi connectivity index (χ2n) is 7.18. The van der Waals surface area contributed by atoms with Crippen LogP contribution in [-0.4, -0.2) is 20.8 Å². The number of rotatable bonds is 9. The highest BCUT2D eigenvalue weighted by molar-refractivity contribution is 5.91. The van der Waals surface area contributed by atoms with E-state index in [1.165, 1.54) is 0 Å². The quantitative estimate of drug-likeness (QED) is 0.329. The number of carbonyl (C=O) groups is 1. The number of unbranched alkanes of at least 4 members (excludes halogenated alkanes) is 2. The largest absolute Gasteiger partial charge is 0.382 e. The standard InChI is InChI=1S/C24H28N4O2/c1-3-4-14-21-26-22-20(13-9-6-10-15-29)18(2)28(23(22)24(25)27-21)17-30-16-19-11-7-5-8-12-19/h5,7-8,11-12,15H,3-4,6,10,14,16-17H2,1-2H3,(H2,25,26,27). The van der Waals surface area contributed by atoms with Gasteiger partial charge in [0.2, 0.25) is 0 Å². The summed E-state index contributed by atoms with van der Waals surface area (Å²) in [6.45, 7) is 4.95. The van der Waals surface area contributed by atoms with E-state index in [0.29, 0.717) is 32.0 Å². The Morgan fingerprint density at radius 3 is 2.77 bits per heavy atom. The van der Waals surface area contributed by atoms with E-state index in [-0.39, 0.29) is 0 Å². The van der Waals surface area contributed by atoms with E-state index in [4.69, 9.17) is 15.5 Å². The minimum atomic E-state index is 0.328. The number of benzene rings is 1. The Hall–Kier alpha value is -3.17. The smallest absolute Gasteiger partial charge is 0.151 e. The predicted molar refractivity (Wildman–Crippen MR) is 119 cm³/mol. The summed E-state index contributed by atoms with van der Waals surface area (Å²) in [5.74, 6) is 7.45. The van der Waals surface area contributed by atoms with Crippen LogP contribution in [0.25, 0.3) is 11.0 Å². The molecule has 3 rings (SSSR count). The van der Waals surface area contributed by atoms with E-state index in [9.17, 15) is 4.79 Å². The fraction of sp³-hybridized carbons (Fsp3) is 0.375. The summed E-state index contributed by atoms with van der Waals surface area (Å²) in [6.07, 6.45) is 4.67. The van der Waals surface area contributed by atoms with Crippen molar-refractivity contribution in [2.45, 2.75) is 59.3 Å². The zero-order valence-electron chi connectivity index (χ0n) is 17.6. The maximum atomic E-state index is 10.6. The molecule has 0 fully saturated rings. The number of nitrogens with zero attached hydrogens (tertiary/aromatic N) is 3. The molecular formula is C24H28N4O2. The maximum Gasteiger partial charge on any atom is 0.151 e. The molecule has 1 aromatic carbocycles. The third-order valence-electron chi connectivity index (χ3n) is 4.92. The monoisotopic (exact) mass is 404 g/mol. The van der Waals surface area contributed by atoms with Crippen LogP contribution in [0.4, 0.5) is 5.82 Å². The summed E-state index contributed by atoms with van der Waals surface area (Å²) in [4.78, 5) is 19.9. The van der Waals surface area contributed by atoms with Crippen LogP contribution < -0.4 is 5.73 Å². The summed E-state index contributed by atoms with van der Waals surface area (Å²) in [5.41, 5.74) is 10.7. The molecule has 0 unspecified atom stereocenters. The van der Waals surface area contributed by atoms with Crippen LogP contribution in [0.5, 0.6) is 0 Å². The topological polar surface area (TPSA) is 83.0 Å². The van der Waals surface area contributed by atoms with E-state index in [2.05, 4.69) is 23.7 Å². The van der Waals surface area contributed by atoms with Crippen LogP contribution in [0, 0.1) is 18.8 Å². The molecule has 0 amide bonds. The van der Waals surface area contributed by atoms with Crippen LogP contribution >= 0.6 is 0 Å². The average Bonchev–Trinajstić information content (AvgIpc) is 3.02. The SMILES string of the molecule is CCCCc1nc(N)c2c(n1)c(C#CCCC=O)c(C)n2COCc1ccccc1. The molecule has 2 aromatic heterocycles. The van der Waals surface area contributed by atoms with Crippen LogP contribution in [0.1, 0.15) is 55.3 Å². The van der Waals surface area contributed by atoms with Gasteiger partial charge in [-0.25, -0.2) is 9.97 Å². The number of anilines is 1. The molecule has 0 atom stereocenters. The molecule has 0 aliphatic heterocycles. The van der Waals surface area contributed by atoms with Gasteiger partial charge in [-0.15, -0.1) is 0 Å². The van der Waals surface area contributed by atoms with Gasteiger partial charge in [0.1, 0.15) is 29.9 Å². The van der Waals surface area contributed by atoms with E-state index in [1.807, 2.05) is 41.8 Å². The number of ether oxygens (including phenoxy) is 1. The molecule has 3 aromatic rings. The number of aldehydes is 1. The van der Waals surface area contributed by atoms with Crippen molar-refractivity contribution >= 4 is 23.1 Å². The molecular weight excluding hydrogens is 376 g/mol. The van der Waals surface area contributed by atoms with Gasteiger partial charge in [0, 0.05) is 25.0 Å². The lowest BCUT2D eigenvalue weighted by Crippen LogP contribution is -2.08. The fourth-order valence-corrected chi connectivity index (χ4v) is 3.30. The van der Waals surface area contributed by atoms with Crippen molar-refractivity contribution in [3.63, 3.8) is 0 Å². The van der Waals surface area contributed by atoms with Gasteiger partial charge in [-0.05, 0) is 18.9 Å². The van der Waals surface area contributed by atoms with Crippen molar-refractivity contribution < 1.29 is 9.53 Å². The number of hydrogen-bond acceptors (Lipinski definition) is 5. The zero-order valence-corrected chi connectivity index (χ0v) is 17.6.